The van der Waals surface area contributed by atoms with Crippen molar-refractivity contribution in [2.45, 2.75) is 24.7 Å². The Balaban J connectivity index is 1.80. The van der Waals surface area contributed by atoms with Gasteiger partial charge in [-0.1, -0.05) is 24.3 Å². The summed E-state index contributed by atoms with van der Waals surface area (Å²) >= 11 is 0. The summed E-state index contributed by atoms with van der Waals surface area (Å²) in [5.41, 5.74) is 0.391. The van der Waals surface area contributed by atoms with E-state index in [-0.39, 0.29) is 34.7 Å². The van der Waals surface area contributed by atoms with Gasteiger partial charge < -0.3 is 19.5 Å². The normalized spacial score (nSPS) is 16.8. The van der Waals surface area contributed by atoms with Crippen LogP contribution in [0.1, 0.15) is 11.6 Å². The minimum Gasteiger partial charge on any atom is -0.488 e. The Labute approximate surface area is 199 Å². The zero-order chi connectivity index (χ0) is 26.3. The predicted molar refractivity (Wildman–Crippen MR) is 113 cm³/mol. The summed E-state index contributed by atoms with van der Waals surface area (Å²) < 4.78 is 115. The summed E-state index contributed by atoms with van der Waals surface area (Å²) in [5.74, 6) is -2.37. The monoisotopic (exact) mass is 519 g/mol. The van der Waals surface area contributed by atoms with Crippen molar-refractivity contribution in [1.82, 2.24) is 0 Å². The molecule has 0 aromatic heterocycles. The molecule has 36 heavy (non-hydrogen) atoms. The smallest absolute Gasteiger partial charge is 0.488 e. The lowest BCUT2D eigenvalue weighted by molar-refractivity contribution is -0.274. The summed E-state index contributed by atoms with van der Waals surface area (Å²) in [7, 11) is 0. The van der Waals surface area contributed by atoms with Crippen LogP contribution in [0.3, 0.4) is 0 Å². The van der Waals surface area contributed by atoms with Gasteiger partial charge in [-0.3, -0.25) is 0 Å². The fraction of sp³-hybridized carbons (Fsp3) is 0.250. The van der Waals surface area contributed by atoms with Crippen molar-refractivity contribution < 1.29 is 49.7 Å². The first-order valence-corrected chi connectivity index (χ1v) is 10.4. The first-order valence-electron chi connectivity index (χ1n) is 10.4. The molecule has 0 unspecified atom stereocenters. The molecule has 0 amide bonds. The Kier molecular flexibility index (Phi) is 6.74. The molecule has 0 aliphatic carbocycles. The number of ether oxygens (including phenoxy) is 2. The fourth-order valence-electron chi connectivity index (χ4n) is 3.97. The molecule has 192 valence electrons. The Morgan fingerprint density at radius 1 is 0.944 bits per heavy atom. The molecule has 1 aliphatic rings. The molecule has 1 aliphatic heterocycles. The van der Waals surface area contributed by atoms with E-state index in [0.717, 1.165) is 29.2 Å². The molecular formula is C24H17F8NO3. The number of β-amino-alcohol motifs (C(OH)–C–C–N with tert-alkyl or cyclic N) is 1. The van der Waals surface area contributed by atoms with Gasteiger partial charge in [0.05, 0.1) is 18.3 Å². The molecule has 3 aromatic rings. The number of halogens is 8. The zero-order valence-electron chi connectivity index (χ0n) is 18.1. The second-order valence-corrected chi connectivity index (χ2v) is 7.97. The first-order chi connectivity index (χ1) is 16.8. The maximum atomic E-state index is 13.8. The number of alkyl halides is 6. The van der Waals surface area contributed by atoms with Crippen molar-refractivity contribution >= 4 is 5.69 Å². The van der Waals surface area contributed by atoms with Crippen LogP contribution in [0, 0.1) is 11.6 Å². The van der Waals surface area contributed by atoms with Crippen molar-refractivity contribution in [3.63, 3.8) is 0 Å². The Bertz CT molecular complexity index is 1220. The fourth-order valence-corrected chi connectivity index (χ4v) is 3.97. The highest BCUT2D eigenvalue weighted by molar-refractivity contribution is 5.80. The van der Waals surface area contributed by atoms with Crippen molar-refractivity contribution in [1.29, 1.82) is 0 Å². The molecule has 0 saturated heterocycles. The SMILES string of the molecule is O[C@H](CN1c2cccc(-c3cc(F)cc(F)c3)c2OC[C@@H]1c1cccc(OC(F)(F)F)c1)C(F)(F)F. The first kappa shape index (κ1) is 25.5. The molecule has 0 bridgehead atoms. The van der Waals surface area contributed by atoms with Crippen molar-refractivity contribution in [3.8, 4) is 22.6 Å². The molecule has 3 aromatic carbocycles. The predicted octanol–water partition coefficient (Wildman–Crippen LogP) is 6.39. The molecule has 0 spiro atoms. The molecular weight excluding hydrogens is 502 g/mol. The second-order valence-electron chi connectivity index (χ2n) is 7.97. The number of aliphatic hydroxyl groups is 1. The second kappa shape index (κ2) is 9.49. The molecule has 0 fully saturated rings. The van der Waals surface area contributed by atoms with E-state index < -0.39 is 48.6 Å². The number of para-hydroxylation sites is 1. The number of aliphatic hydroxyl groups excluding tert-OH is 1. The highest BCUT2D eigenvalue weighted by Crippen LogP contribution is 2.46. The number of hydrogen-bond acceptors (Lipinski definition) is 4. The molecule has 4 nitrogen and oxygen atoms in total. The highest BCUT2D eigenvalue weighted by Gasteiger charge is 2.42. The van der Waals surface area contributed by atoms with Crippen molar-refractivity contribution in [2.24, 2.45) is 0 Å². The number of rotatable bonds is 5. The van der Waals surface area contributed by atoms with E-state index in [4.69, 9.17) is 4.74 Å². The van der Waals surface area contributed by atoms with Gasteiger partial charge in [-0.05, 0) is 41.5 Å². The third kappa shape index (κ3) is 5.64. The quantitative estimate of drug-likeness (QED) is 0.397. The Morgan fingerprint density at radius 3 is 2.25 bits per heavy atom. The van der Waals surface area contributed by atoms with Crippen LogP contribution in [0.4, 0.5) is 40.8 Å². The van der Waals surface area contributed by atoms with Crippen LogP contribution in [-0.4, -0.2) is 36.9 Å². The lowest BCUT2D eigenvalue weighted by atomic mass is 9.98. The summed E-state index contributed by atoms with van der Waals surface area (Å²) in [6.07, 6.45) is -12.8. The summed E-state index contributed by atoms with van der Waals surface area (Å²) in [6, 6.07) is 10.5. The van der Waals surface area contributed by atoms with Crippen LogP contribution in [0.2, 0.25) is 0 Å². The van der Waals surface area contributed by atoms with Gasteiger partial charge in [0.1, 0.15) is 24.0 Å². The van der Waals surface area contributed by atoms with E-state index in [2.05, 4.69) is 4.74 Å². The standard InChI is InChI=1S/C24H17F8NO3/c25-15-7-14(8-16(26)10-15)18-5-2-6-19-22(18)35-12-20(33(19)11-21(34)23(27,28)29)13-3-1-4-17(9-13)36-24(30,31)32/h1-10,20-21,34H,11-12H2/t20-,21-/m1/s1. The number of fused-ring (bicyclic) bond motifs is 1. The molecule has 1 heterocycles. The number of nitrogens with zero attached hydrogens (tertiary/aromatic N) is 1. The van der Waals surface area contributed by atoms with Gasteiger partial charge in [0.15, 0.2) is 11.9 Å². The van der Waals surface area contributed by atoms with Crippen LogP contribution in [0.5, 0.6) is 11.5 Å². The van der Waals surface area contributed by atoms with Gasteiger partial charge in [0.2, 0.25) is 0 Å². The van der Waals surface area contributed by atoms with Gasteiger partial charge in [-0.2, -0.15) is 13.2 Å². The average Bonchev–Trinajstić information content (AvgIpc) is 2.76. The van der Waals surface area contributed by atoms with Crippen molar-refractivity contribution in [2.75, 3.05) is 18.1 Å². The lowest BCUT2D eigenvalue weighted by Gasteiger charge is -2.40. The minimum atomic E-state index is -4.99. The average molecular weight is 519 g/mol. The van der Waals surface area contributed by atoms with Crippen LogP contribution in [0.15, 0.2) is 60.7 Å². The van der Waals surface area contributed by atoms with E-state index in [9.17, 15) is 40.2 Å². The van der Waals surface area contributed by atoms with E-state index in [1.54, 1.807) is 0 Å². The van der Waals surface area contributed by atoms with Crippen LogP contribution in [0.25, 0.3) is 11.1 Å². The number of benzene rings is 3. The van der Waals surface area contributed by atoms with Gasteiger partial charge in [0.25, 0.3) is 0 Å². The molecule has 0 saturated carbocycles. The molecule has 1 N–H and O–H groups in total. The van der Waals surface area contributed by atoms with Gasteiger partial charge in [0, 0.05) is 11.6 Å². The summed E-state index contributed by atoms with van der Waals surface area (Å²) in [6.45, 7) is -1.34. The highest BCUT2D eigenvalue weighted by atomic mass is 19.4. The maximum Gasteiger partial charge on any atom is 0.573 e. The van der Waals surface area contributed by atoms with Crippen LogP contribution in [-0.2, 0) is 0 Å². The number of anilines is 1. The van der Waals surface area contributed by atoms with E-state index >= 15 is 0 Å². The topological polar surface area (TPSA) is 41.9 Å². The van der Waals surface area contributed by atoms with E-state index in [0.29, 0.717) is 6.07 Å². The third-order valence-electron chi connectivity index (χ3n) is 5.46. The Morgan fingerprint density at radius 2 is 1.61 bits per heavy atom. The minimum absolute atomic E-state index is 0.00387. The lowest BCUT2D eigenvalue weighted by Crippen LogP contribution is -2.46. The van der Waals surface area contributed by atoms with Crippen molar-refractivity contribution in [3.05, 3.63) is 77.9 Å². The Hall–Kier alpha value is -3.54. The zero-order valence-corrected chi connectivity index (χ0v) is 18.1. The third-order valence-corrected chi connectivity index (χ3v) is 5.46. The largest absolute Gasteiger partial charge is 0.573 e. The van der Waals surface area contributed by atoms with Gasteiger partial charge in [-0.15, -0.1) is 13.2 Å². The molecule has 0 radical (unpaired) electrons. The van der Waals surface area contributed by atoms with E-state index in [1.807, 2.05) is 0 Å². The van der Waals surface area contributed by atoms with E-state index in [1.165, 1.54) is 30.3 Å². The summed E-state index contributed by atoms with van der Waals surface area (Å²) in [5, 5.41) is 9.81. The summed E-state index contributed by atoms with van der Waals surface area (Å²) in [4.78, 5) is 1.13. The molecule has 2 atom stereocenters. The van der Waals surface area contributed by atoms with Gasteiger partial charge in [-0.25, -0.2) is 8.78 Å². The maximum absolute atomic E-state index is 13.8. The number of hydrogen-bond donors (Lipinski definition) is 1. The van der Waals surface area contributed by atoms with Crippen LogP contribution >= 0.6 is 0 Å². The van der Waals surface area contributed by atoms with Crippen LogP contribution < -0.4 is 14.4 Å². The van der Waals surface area contributed by atoms with Gasteiger partial charge >= 0.3 is 12.5 Å². The molecule has 4 rings (SSSR count). The molecule has 12 heteroatoms.